The van der Waals surface area contributed by atoms with E-state index in [4.69, 9.17) is 0 Å². The van der Waals surface area contributed by atoms with Crippen LogP contribution in [0, 0.1) is 23.6 Å². The van der Waals surface area contributed by atoms with E-state index in [0.717, 1.165) is 11.1 Å². The average Bonchev–Trinajstić information content (AvgIpc) is 3.08. The predicted octanol–water partition coefficient (Wildman–Crippen LogP) is 6.44. The number of amides is 2. The van der Waals surface area contributed by atoms with Gasteiger partial charge in [-0.1, -0.05) is 87.5 Å². The zero-order chi connectivity index (χ0) is 37.9. The number of benzene rings is 3. The second kappa shape index (κ2) is 18.5. The van der Waals surface area contributed by atoms with E-state index in [1.165, 1.54) is 26.0 Å². The molecule has 0 fully saturated rings. The lowest BCUT2D eigenvalue weighted by atomic mass is 9.87. The molecular formula is C39H44F4N2O6. The lowest BCUT2D eigenvalue weighted by Gasteiger charge is -2.27. The molecule has 3 aromatic rings. The van der Waals surface area contributed by atoms with E-state index in [-0.39, 0.29) is 36.8 Å². The summed E-state index contributed by atoms with van der Waals surface area (Å²) >= 11 is 0. The fourth-order valence-electron chi connectivity index (χ4n) is 5.57. The Balaban J connectivity index is 1.74. The second-order valence-corrected chi connectivity index (χ2v) is 13.2. The topological polar surface area (TPSA) is 130 Å². The smallest absolute Gasteiger partial charge is 0.382 e. The Kier molecular flexibility index (Phi) is 14.8. The van der Waals surface area contributed by atoms with Crippen LogP contribution in [0.15, 0.2) is 78.9 Å². The first-order valence-corrected chi connectivity index (χ1v) is 16.8. The van der Waals surface area contributed by atoms with E-state index < -0.39 is 72.4 Å². The molecule has 274 valence electrons. The third kappa shape index (κ3) is 12.5. The average molecular weight is 713 g/mol. The van der Waals surface area contributed by atoms with Gasteiger partial charge in [0, 0.05) is 36.7 Å². The maximum atomic E-state index is 13.7. The fraction of sp³-hybridized carbons (Fsp3) is 0.410. The Labute approximate surface area is 295 Å². The largest absolute Gasteiger partial charge is 0.416 e. The summed E-state index contributed by atoms with van der Waals surface area (Å²) < 4.78 is 53.2. The van der Waals surface area contributed by atoms with E-state index >= 15 is 0 Å². The highest BCUT2D eigenvalue weighted by Gasteiger charge is 2.44. The van der Waals surface area contributed by atoms with Crippen LogP contribution in [-0.2, 0) is 25.6 Å². The maximum absolute atomic E-state index is 13.7. The number of carbonyl (C=O) groups is 5. The Morgan fingerprint density at radius 1 is 0.765 bits per heavy atom. The van der Waals surface area contributed by atoms with Crippen molar-refractivity contribution in [3.05, 3.63) is 95.8 Å². The van der Waals surface area contributed by atoms with Crippen LogP contribution >= 0.6 is 0 Å². The highest BCUT2D eigenvalue weighted by atomic mass is 19.4. The molecular weight excluding hydrogens is 668 g/mol. The lowest BCUT2D eigenvalue weighted by molar-refractivity contribution is -0.213. The first-order chi connectivity index (χ1) is 24.0. The number of alkyl halides is 3. The number of aliphatic hydroxyl groups is 1. The molecule has 12 heteroatoms. The summed E-state index contributed by atoms with van der Waals surface area (Å²) in [5, 5.41) is 14.7. The van der Waals surface area contributed by atoms with Crippen LogP contribution < -0.4 is 10.6 Å². The molecule has 0 saturated carbocycles. The lowest BCUT2D eigenvalue weighted by Crippen LogP contribution is -2.52. The number of carbonyl (C=O) groups excluding carboxylic acids is 5. The molecule has 51 heavy (non-hydrogen) atoms. The number of ketones is 3. The molecule has 8 nitrogen and oxygen atoms in total. The summed E-state index contributed by atoms with van der Waals surface area (Å²) in [6.45, 7) is 6.06. The zero-order valence-corrected chi connectivity index (χ0v) is 29.0. The van der Waals surface area contributed by atoms with Crippen molar-refractivity contribution in [3.63, 3.8) is 0 Å². The van der Waals surface area contributed by atoms with Crippen LogP contribution in [0.4, 0.5) is 17.6 Å². The molecule has 0 heterocycles. The van der Waals surface area contributed by atoms with Crippen molar-refractivity contribution in [1.82, 2.24) is 10.6 Å². The van der Waals surface area contributed by atoms with Crippen LogP contribution in [0.2, 0.25) is 0 Å². The third-order valence-corrected chi connectivity index (χ3v) is 8.73. The standard InChI is InChI=1S/C39H44F4N2O6/c1-23(2)31(22-34(47)29-13-11-27(12-14-29)28-15-17-30(40)18-16-28)38(51)45-33(21-26-8-6-5-7-9-26)35(48)20-24(3)37(50)44-32(19-10-25(4)46)36(49)39(41,42)43/h5-9,11-18,23-24,31-33,36,49H,10,19-22H2,1-4H3,(H,44,50)(H,45,51)/t24-,31+,32?,33+,36?/m1/s1. The van der Waals surface area contributed by atoms with Gasteiger partial charge in [-0.05, 0) is 54.5 Å². The highest BCUT2D eigenvalue weighted by Crippen LogP contribution is 2.26. The van der Waals surface area contributed by atoms with E-state index in [9.17, 15) is 46.6 Å². The summed E-state index contributed by atoms with van der Waals surface area (Å²) in [4.78, 5) is 65.0. The van der Waals surface area contributed by atoms with Crippen molar-refractivity contribution in [2.75, 3.05) is 0 Å². The normalized spacial score (nSPS) is 14.5. The minimum Gasteiger partial charge on any atom is -0.382 e. The fourth-order valence-corrected chi connectivity index (χ4v) is 5.57. The molecule has 0 saturated heterocycles. The van der Waals surface area contributed by atoms with Crippen LogP contribution in [0.5, 0.6) is 0 Å². The predicted molar refractivity (Wildman–Crippen MR) is 184 cm³/mol. The summed E-state index contributed by atoms with van der Waals surface area (Å²) in [7, 11) is 0. The molecule has 2 unspecified atom stereocenters. The first-order valence-electron chi connectivity index (χ1n) is 16.8. The molecule has 0 aliphatic rings. The number of nitrogens with one attached hydrogen (secondary N) is 2. The number of hydrogen-bond acceptors (Lipinski definition) is 6. The Morgan fingerprint density at radius 2 is 1.33 bits per heavy atom. The molecule has 0 bridgehead atoms. The van der Waals surface area contributed by atoms with Crippen molar-refractivity contribution in [3.8, 4) is 11.1 Å². The Morgan fingerprint density at radius 3 is 1.86 bits per heavy atom. The van der Waals surface area contributed by atoms with Crippen LogP contribution in [-0.4, -0.2) is 58.6 Å². The monoisotopic (exact) mass is 712 g/mol. The number of halogens is 4. The minimum absolute atomic E-state index is 0.0530. The molecule has 0 spiro atoms. The Hall–Kier alpha value is -4.71. The maximum Gasteiger partial charge on any atom is 0.416 e. The zero-order valence-electron chi connectivity index (χ0n) is 29.0. The molecule has 0 aliphatic heterocycles. The van der Waals surface area contributed by atoms with Gasteiger partial charge in [-0.25, -0.2) is 4.39 Å². The number of hydrogen-bond donors (Lipinski definition) is 3. The van der Waals surface area contributed by atoms with Crippen LogP contribution in [0.1, 0.15) is 69.3 Å². The molecule has 0 aliphatic carbocycles. The van der Waals surface area contributed by atoms with Crippen LogP contribution in [0.25, 0.3) is 11.1 Å². The molecule has 0 radical (unpaired) electrons. The van der Waals surface area contributed by atoms with Gasteiger partial charge >= 0.3 is 6.18 Å². The molecule has 3 N–H and O–H groups in total. The van der Waals surface area contributed by atoms with Gasteiger partial charge < -0.3 is 20.5 Å². The van der Waals surface area contributed by atoms with Gasteiger partial charge in [0.25, 0.3) is 0 Å². The summed E-state index contributed by atoms with van der Waals surface area (Å²) in [5.74, 6) is -5.41. The van der Waals surface area contributed by atoms with Crippen molar-refractivity contribution >= 4 is 29.2 Å². The van der Waals surface area contributed by atoms with Crippen LogP contribution in [0.3, 0.4) is 0 Å². The van der Waals surface area contributed by atoms with Gasteiger partial charge in [0.05, 0.1) is 12.1 Å². The molecule has 3 rings (SSSR count). The van der Waals surface area contributed by atoms with E-state index in [2.05, 4.69) is 10.6 Å². The molecule has 5 atom stereocenters. The first kappa shape index (κ1) is 40.7. The van der Waals surface area contributed by atoms with E-state index in [0.29, 0.717) is 11.1 Å². The van der Waals surface area contributed by atoms with Gasteiger partial charge in [-0.3, -0.25) is 19.2 Å². The van der Waals surface area contributed by atoms with Crippen molar-refractivity contribution in [2.24, 2.45) is 17.8 Å². The third-order valence-electron chi connectivity index (χ3n) is 8.73. The molecule has 0 aromatic heterocycles. The van der Waals surface area contributed by atoms with Crippen molar-refractivity contribution < 1.29 is 46.6 Å². The Bertz CT molecular complexity index is 1640. The molecule has 3 aromatic carbocycles. The quantitative estimate of drug-likeness (QED) is 0.103. The van der Waals surface area contributed by atoms with Gasteiger partial charge in [0.1, 0.15) is 11.6 Å². The minimum atomic E-state index is -5.05. The van der Waals surface area contributed by atoms with Gasteiger partial charge in [-0.2, -0.15) is 13.2 Å². The molecule has 2 amide bonds. The van der Waals surface area contributed by atoms with E-state index in [1.807, 2.05) is 0 Å². The summed E-state index contributed by atoms with van der Waals surface area (Å²) in [6, 6.07) is 18.5. The van der Waals surface area contributed by atoms with Crippen molar-refractivity contribution in [2.45, 2.75) is 84.2 Å². The van der Waals surface area contributed by atoms with Gasteiger partial charge in [0.15, 0.2) is 17.7 Å². The number of aliphatic hydroxyl groups excluding tert-OH is 1. The van der Waals surface area contributed by atoms with Gasteiger partial charge in [-0.15, -0.1) is 0 Å². The highest BCUT2D eigenvalue weighted by molar-refractivity contribution is 6.00. The number of Topliss-reactive ketones (excluding diaryl/α,β-unsaturated/α-hetero) is 3. The second-order valence-electron chi connectivity index (χ2n) is 13.2. The van der Waals surface area contributed by atoms with Gasteiger partial charge in [0.2, 0.25) is 11.8 Å². The van der Waals surface area contributed by atoms with Crippen molar-refractivity contribution in [1.29, 1.82) is 0 Å². The number of rotatable bonds is 18. The summed E-state index contributed by atoms with van der Waals surface area (Å²) in [6.07, 6.45) is -9.29. The SMILES string of the molecule is CC(=O)CCC(NC(=O)[C@H](C)CC(=O)[C@H](Cc1ccccc1)NC(=O)[C@@H](CC(=O)c1ccc(-c2ccc(F)cc2)cc1)C(C)C)C(O)C(F)(F)F. The van der Waals surface area contributed by atoms with E-state index in [1.54, 1.807) is 80.6 Å². The summed E-state index contributed by atoms with van der Waals surface area (Å²) in [5.41, 5.74) is 2.61.